The molecule has 0 spiro atoms. The number of anilines is 1. The van der Waals surface area contributed by atoms with Crippen LogP contribution < -0.4 is 10.5 Å². The van der Waals surface area contributed by atoms with E-state index >= 15 is 0 Å². The van der Waals surface area contributed by atoms with Gasteiger partial charge in [-0.15, -0.1) is 6.42 Å². The Morgan fingerprint density at radius 3 is 2.77 bits per heavy atom. The van der Waals surface area contributed by atoms with Gasteiger partial charge in [-0.3, -0.25) is 0 Å². The summed E-state index contributed by atoms with van der Waals surface area (Å²) in [5.41, 5.74) is 5.02. The number of terminal acetylenes is 1. The van der Waals surface area contributed by atoms with Crippen molar-refractivity contribution >= 4 is 5.69 Å². The van der Waals surface area contributed by atoms with Gasteiger partial charge in [0.2, 0.25) is 0 Å². The number of hydrogen-bond donors (Lipinski definition) is 1. The SMILES string of the molecule is C#CCOc1cc(F)cc(F)c1N. The number of hydrogen-bond acceptors (Lipinski definition) is 2. The standard InChI is InChI=1S/C9H7F2NO/c1-2-3-13-8-5-6(10)4-7(11)9(8)12/h1,4-5H,3,12H2. The minimum Gasteiger partial charge on any atom is -0.479 e. The van der Waals surface area contributed by atoms with Gasteiger partial charge in [-0.2, -0.15) is 0 Å². The fraction of sp³-hybridized carbons (Fsp3) is 0.111. The first-order chi connectivity index (χ1) is 6.15. The lowest BCUT2D eigenvalue weighted by atomic mass is 10.3. The third-order valence-electron chi connectivity index (χ3n) is 1.37. The van der Waals surface area contributed by atoms with Crippen LogP contribution in [0, 0.1) is 24.0 Å². The molecule has 1 aromatic carbocycles. The van der Waals surface area contributed by atoms with Gasteiger partial charge < -0.3 is 10.5 Å². The highest BCUT2D eigenvalue weighted by atomic mass is 19.1. The van der Waals surface area contributed by atoms with Gasteiger partial charge in [0.15, 0.2) is 5.82 Å². The number of nitrogens with two attached hydrogens (primary N) is 1. The summed E-state index contributed by atoms with van der Waals surface area (Å²) in [6.45, 7) is -0.0763. The van der Waals surface area contributed by atoms with Crippen LogP contribution in [0.4, 0.5) is 14.5 Å². The predicted molar refractivity (Wildman–Crippen MR) is 45.1 cm³/mol. The lowest BCUT2D eigenvalue weighted by Crippen LogP contribution is -2.01. The van der Waals surface area contributed by atoms with E-state index in [4.69, 9.17) is 16.9 Å². The Morgan fingerprint density at radius 2 is 2.15 bits per heavy atom. The van der Waals surface area contributed by atoms with Gasteiger partial charge >= 0.3 is 0 Å². The van der Waals surface area contributed by atoms with Gasteiger partial charge in [0, 0.05) is 12.1 Å². The van der Waals surface area contributed by atoms with Gasteiger partial charge in [-0.25, -0.2) is 8.78 Å². The molecule has 0 heterocycles. The molecule has 0 atom stereocenters. The predicted octanol–water partition coefficient (Wildman–Crippen LogP) is 1.56. The molecule has 0 bridgehead atoms. The smallest absolute Gasteiger partial charge is 0.152 e. The monoisotopic (exact) mass is 183 g/mol. The highest BCUT2D eigenvalue weighted by Gasteiger charge is 2.08. The van der Waals surface area contributed by atoms with E-state index in [0.29, 0.717) is 6.07 Å². The van der Waals surface area contributed by atoms with E-state index in [-0.39, 0.29) is 18.0 Å². The number of ether oxygens (including phenoxy) is 1. The maximum absolute atomic E-state index is 12.8. The minimum atomic E-state index is -0.855. The molecule has 0 fully saturated rings. The third-order valence-corrected chi connectivity index (χ3v) is 1.37. The molecular formula is C9H7F2NO. The first kappa shape index (κ1) is 9.33. The molecule has 13 heavy (non-hydrogen) atoms. The summed E-state index contributed by atoms with van der Waals surface area (Å²) in [4.78, 5) is 0. The molecule has 4 heteroatoms. The number of halogens is 2. The van der Waals surface area contributed by atoms with Crippen molar-refractivity contribution in [2.45, 2.75) is 0 Å². The Bertz CT molecular complexity index is 357. The summed E-state index contributed by atoms with van der Waals surface area (Å²) in [6.07, 6.45) is 4.90. The van der Waals surface area contributed by atoms with Crippen molar-refractivity contribution in [1.82, 2.24) is 0 Å². The molecule has 2 nitrogen and oxygen atoms in total. The molecule has 68 valence electrons. The van der Waals surface area contributed by atoms with E-state index in [1.165, 1.54) is 0 Å². The average molecular weight is 183 g/mol. The Morgan fingerprint density at radius 1 is 1.46 bits per heavy atom. The van der Waals surface area contributed by atoms with Crippen LogP contribution in [-0.2, 0) is 0 Å². The second-order valence-electron chi connectivity index (χ2n) is 2.29. The van der Waals surface area contributed by atoms with E-state index in [0.717, 1.165) is 6.07 Å². The van der Waals surface area contributed by atoms with Crippen molar-refractivity contribution in [2.24, 2.45) is 0 Å². The summed E-state index contributed by atoms with van der Waals surface area (Å²) >= 11 is 0. The topological polar surface area (TPSA) is 35.2 Å². The Balaban J connectivity index is 3.00. The van der Waals surface area contributed by atoms with Gasteiger partial charge in [-0.1, -0.05) is 5.92 Å². The molecule has 0 aliphatic rings. The lowest BCUT2D eigenvalue weighted by molar-refractivity contribution is 0.367. The van der Waals surface area contributed by atoms with Gasteiger partial charge in [0.25, 0.3) is 0 Å². The van der Waals surface area contributed by atoms with Crippen LogP contribution in [0.1, 0.15) is 0 Å². The van der Waals surface area contributed by atoms with Crippen molar-refractivity contribution in [1.29, 1.82) is 0 Å². The first-order valence-electron chi connectivity index (χ1n) is 3.46. The van der Waals surface area contributed by atoms with Crippen LogP contribution in [-0.4, -0.2) is 6.61 Å². The highest BCUT2D eigenvalue weighted by Crippen LogP contribution is 2.25. The zero-order chi connectivity index (χ0) is 9.84. The van der Waals surface area contributed by atoms with Crippen LogP contribution >= 0.6 is 0 Å². The maximum Gasteiger partial charge on any atom is 0.152 e. The Kier molecular flexibility index (Phi) is 2.70. The molecule has 2 N–H and O–H groups in total. The van der Waals surface area contributed by atoms with Crippen molar-refractivity contribution in [3.63, 3.8) is 0 Å². The van der Waals surface area contributed by atoms with E-state index in [9.17, 15) is 8.78 Å². The maximum atomic E-state index is 12.8. The fourth-order valence-corrected chi connectivity index (χ4v) is 0.800. The summed E-state index contributed by atoms with van der Waals surface area (Å²) in [6, 6.07) is 1.66. The van der Waals surface area contributed by atoms with Crippen LogP contribution in [0.5, 0.6) is 5.75 Å². The molecule has 1 rings (SSSR count). The molecule has 0 aliphatic carbocycles. The number of nitrogen functional groups attached to an aromatic ring is 1. The van der Waals surface area contributed by atoms with E-state index in [2.05, 4.69) is 5.92 Å². The van der Waals surface area contributed by atoms with Crippen molar-refractivity contribution < 1.29 is 13.5 Å². The van der Waals surface area contributed by atoms with Crippen LogP contribution in [0.15, 0.2) is 12.1 Å². The van der Waals surface area contributed by atoms with Crippen molar-refractivity contribution in [2.75, 3.05) is 12.3 Å². The van der Waals surface area contributed by atoms with E-state index in [1.54, 1.807) is 0 Å². The molecule has 0 unspecified atom stereocenters. The summed E-state index contributed by atoms with van der Waals surface area (Å²) < 4.78 is 30.2. The molecular weight excluding hydrogens is 176 g/mol. The number of rotatable bonds is 2. The average Bonchev–Trinajstić information content (AvgIpc) is 2.09. The highest BCUT2D eigenvalue weighted by molar-refractivity contribution is 5.53. The molecule has 0 radical (unpaired) electrons. The Hall–Kier alpha value is -1.76. The zero-order valence-corrected chi connectivity index (χ0v) is 6.68. The Labute approximate surface area is 74.3 Å². The van der Waals surface area contributed by atoms with Crippen LogP contribution in [0.25, 0.3) is 0 Å². The lowest BCUT2D eigenvalue weighted by Gasteiger charge is -2.06. The summed E-state index contributed by atoms with van der Waals surface area (Å²) in [5.74, 6) is 0.480. The number of benzene rings is 1. The second kappa shape index (κ2) is 3.76. The van der Waals surface area contributed by atoms with Gasteiger partial charge in [0.05, 0.1) is 0 Å². The third kappa shape index (κ3) is 2.09. The largest absolute Gasteiger partial charge is 0.479 e. The molecule has 0 saturated heterocycles. The summed E-state index contributed by atoms with van der Waals surface area (Å²) in [5, 5.41) is 0. The molecule has 0 aromatic heterocycles. The molecule has 1 aromatic rings. The van der Waals surface area contributed by atoms with E-state index in [1.807, 2.05) is 0 Å². The first-order valence-corrected chi connectivity index (χ1v) is 3.46. The van der Waals surface area contributed by atoms with Crippen LogP contribution in [0.2, 0.25) is 0 Å². The molecule has 0 amide bonds. The van der Waals surface area contributed by atoms with Crippen molar-refractivity contribution in [3.8, 4) is 18.1 Å². The van der Waals surface area contributed by atoms with Gasteiger partial charge in [0.1, 0.15) is 23.9 Å². The normalized spacial score (nSPS) is 9.31. The molecule has 0 saturated carbocycles. The second-order valence-corrected chi connectivity index (χ2v) is 2.29. The minimum absolute atomic E-state index is 0.0737. The van der Waals surface area contributed by atoms with Crippen LogP contribution in [0.3, 0.4) is 0 Å². The zero-order valence-electron chi connectivity index (χ0n) is 6.68. The van der Waals surface area contributed by atoms with Gasteiger partial charge in [-0.05, 0) is 0 Å². The molecule has 0 aliphatic heterocycles. The fourth-order valence-electron chi connectivity index (χ4n) is 0.800. The van der Waals surface area contributed by atoms with E-state index < -0.39 is 11.6 Å². The van der Waals surface area contributed by atoms with Crippen molar-refractivity contribution in [3.05, 3.63) is 23.8 Å². The quantitative estimate of drug-likeness (QED) is 0.557. The summed E-state index contributed by atoms with van der Waals surface area (Å²) in [7, 11) is 0.